The Balaban J connectivity index is 0.000000161. The highest BCUT2D eigenvalue weighted by atomic mass is 32.2. The minimum Gasteiger partial charge on any atom is -0.374 e. The van der Waals surface area contributed by atoms with Crippen LogP contribution in [0.1, 0.15) is 20.8 Å². The van der Waals surface area contributed by atoms with E-state index in [1.54, 1.807) is 24.3 Å². The van der Waals surface area contributed by atoms with E-state index in [4.69, 9.17) is 0 Å². The van der Waals surface area contributed by atoms with Crippen LogP contribution in [0.3, 0.4) is 0 Å². The summed E-state index contributed by atoms with van der Waals surface area (Å²) in [5, 5.41) is 8.77. The SMILES string of the molecule is CC(C)C.O=S(=O)(Oc1cccc(OS(=O)(=O)C(F)(F)F)c1-n1c2ccccc2c2ccccc21)C(F)(F)F.c1cc(-c2cccc3c2sc2ccccc23)c(-n2c3ccccc3c3ccccc32)c(-c2cccc3c2sc2ccccc23)c1. The molecular formula is C66H46F6N2O6S4. The summed E-state index contributed by atoms with van der Waals surface area (Å²) in [4.78, 5) is 0. The van der Waals surface area contributed by atoms with Gasteiger partial charge in [0, 0.05) is 84.1 Å². The lowest BCUT2D eigenvalue weighted by Crippen LogP contribution is -2.29. The van der Waals surface area contributed by atoms with Crippen molar-refractivity contribution in [3.63, 3.8) is 0 Å². The number of fused-ring (bicyclic) bond motifs is 12. The third kappa shape index (κ3) is 9.85. The van der Waals surface area contributed by atoms with Crippen molar-refractivity contribution >= 4 is 127 Å². The van der Waals surface area contributed by atoms with Crippen molar-refractivity contribution in [2.45, 2.75) is 31.8 Å². The van der Waals surface area contributed by atoms with E-state index < -0.39 is 48.4 Å². The summed E-state index contributed by atoms with van der Waals surface area (Å²) in [7, 11) is -12.6. The van der Waals surface area contributed by atoms with Gasteiger partial charge in [-0.15, -0.1) is 22.7 Å². The van der Waals surface area contributed by atoms with Crippen molar-refractivity contribution < 1.29 is 51.5 Å². The summed E-state index contributed by atoms with van der Waals surface area (Å²) < 4.78 is 142. The Morgan fingerprint density at radius 1 is 0.345 bits per heavy atom. The molecule has 0 aliphatic rings. The molecule has 10 aromatic carbocycles. The molecule has 14 rings (SSSR count). The second-order valence-electron chi connectivity index (χ2n) is 20.3. The van der Waals surface area contributed by atoms with Crippen LogP contribution in [0.5, 0.6) is 11.5 Å². The standard InChI is InChI=1S/C42H25NS2.C20H11F6NO6S2.C4H10/c1-5-22-36-26(12-1)27-13-2-6-23-37(27)43(36)40-30(34-20-10-18-32-28-14-3-7-24-38(28)44-41(32)34)16-9-17-31(40)35-21-11-19-33-29-15-4-8-25-39(29)45-42(33)35;21-19(22,23)34(28,29)32-16-10-5-11-17(33-35(30,31)20(24,25)26)18(16)27-14-8-3-1-6-12(14)13-7-2-4-9-15(13)27;1-4(2)3/h1-25H;1-11H;4H,1-3H3. The van der Waals surface area contributed by atoms with Crippen molar-refractivity contribution in [3.05, 3.63) is 218 Å². The van der Waals surface area contributed by atoms with E-state index in [0.717, 1.165) is 28.7 Å². The summed E-state index contributed by atoms with van der Waals surface area (Å²) in [6.07, 6.45) is 0. The van der Waals surface area contributed by atoms with Gasteiger partial charge in [0.2, 0.25) is 0 Å². The molecule has 8 nitrogen and oxygen atoms in total. The molecule has 422 valence electrons. The second-order valence-corrected chi connectivity index (χ2v) is 25.5. The van der Waals surface area contributed by atoms with E-state index in [2.05, 4.69) is 185 Å². The monoisotopic (exact) mass is 1200 g/mol. The first-order chi connectivity index (χ1) is 40.2. The first-order valence-corrected chi connectivity index (χ1v) is 30.7. The van der Waals surface area contributed by atoms with Gasteiger partial charge in [-0.05, 0) is 54.4 Å². The molecule has 0 aliphatic carbocycles. The van der Waals surface area contributed by atoms with Crippen molar-refractivity contribution in [2.24, 2.45) is 5.92 Å². The van der Waals surface area contributed by atoms with Gasteiger partial charge in [0.25, 0.3) is 0 Å². The van der Waals surface area contributed by atoms with Gasteiger partial charge in [0.1, 0.15) is 5.69 Å². The van der Waals surface area contributed by atoms with E-state index in [0.29, 0.717) is 10.8 Å². The Morgan fingerprint density at radius 3 is 0.976 bits per heavy atom. The number of para-hydroxylation sites is 6. The molecule has 0 saturated heterocycles. The van der Waals surface area contributed by atoms with Gasteiger partial charge in [-0.1, -0.05) is 191 Å². The molecule has 18 heteroatoms. The molecule has 0 spiro atoms. The molecule has 0 bridgehead atoms. The Morgan fingerprint density at radius 2 is 0.619 bits per heavy atom. The van der Waals surface area contributed by atoms with E-state index in [-0.39, 0.29) is 11.0 Å². The molecule has 4 heterocycles. The molecule has 0 radical (unpaired) electrons. The number of alkyl halides is 6. The average Bonchev–Trinajstić information content (AvgIpc) is 1.71. The zero-order valence-corrected chi connectivity index (χ0v) is 47.9. The van der Waals surface area contributed by atoms with Crippen molar-refractivity contribution in [1.82, 2.24) is 9.13 Å². The predicted octanol–water partition coefficient (Wildman–Crippen LogP) is 19.8. The molecule has 0 saturated carbocycles. The smallest absolute Gasteiger partial charge is 0.374 e. The van der Waals surface area contributed by atoms with E-state index in [1.807, 2.05) is 22.7 Å². The van der Waals surface area contributed by atoms with Crippen LogP contribution in [0.25, 0.3) is 118 Å². The Bertz CT molecular complexity index is 4810. The summed E-state index contributed by atoms with van der Waals surface area (Å²) >= 11 is 3.79. The third-order valence-electron chi connectivity index (χ3n) is 14.0. The number of hydrogen-bond acceptors (Lipinski definition) is 8. The highest BCUT2D eigenvalue weighted by molar-refractivity contribution is 7.88. The maximum atomic E-state index is 13.0. The molecule has 0 aliphatic heterocycles. The van der Waals surface area contributed by atoms with Gasteiger partial charge in [0.05, 0.1) is 27.8 Å². The number of hydrogen-bond donors (Lipinski definition) is 0. The lowest BCUT2D eigenvalue weighted by atomic mass is 9.94. The minimum absolute atomic E-state index is 0.184. The van der Waals surface area contributed by atoms with Crippen LogP contribution in [0, 0.1) is 5.92 Å². The van der Waals surface area contributed by atoms with Crippen LogP contribution < -0.4 is 8.37 Å². The number of nitrogens with zero attached hydrogens (tertiary/aromatic N) is 2. The van der Waals surface area contributed by atoms with Crippen LogP contribution in [0.4, 0.5) is 26.3 Å². The first-order valence-electron chi connectivity index (χ1n) is 26.3. The highest BCUT2D eigenvalue weighted by Crippen LogP contribution is 2.49. The van der Waals surface area contributed by atoms with Gasteiger partial charge in [0.15, 0.2) is 11.5 Å². The normalized spacial score (nSPS) is 12.4. The van der Waals surface area contributed by atoms with Gasteiger partial charge >= 0.3 is 31.3 Å². The number of aromatic nitrogens is 2. The van der Waals surface area contributed by atoms with Gasteiger partial charge in [-0.25, -0.2) is 0 Å². The average molecular weight is 1210 g/mol. The fourth-order valence-corrected chi connectivity index (χ4v) is 14.0. The minimum atomic E-state index is -6.30. The Hall–Kier alpha value is -8.68. The summed E-state index contributed by atoms with van der Waals surface area (Å²) in [5.41, 5.74) is -3.52. The molecule has 0 unspecified atom stereocenters. The zero-order valence-electron chi connectivity index (χ0n) is 44.6. The van der Waals surface area contributed by atoms with Crippen LogP contribution in [-0.4, -0.2) is 37.0 Å². The third-order valence-corrected chi connectivity index (χ3v) is 18.3. The van der Waals surface area contributed by atoms with E-state index in [9.17, 15) is 43.2 Å². The zero-order chi connectivity index (χ0) is 58.9. The molecule has 0 fully saturated rings. The molecule has 14 aromatic rings. The Labute approximate surface area is 485 Å². The molecule has 0 N–H and O–H groups in total. The molecule has 4 aromatic heterocycles. The van der Waals surface area contributed by atoms with Crippen LogP contribution >= 0.6 is 22.7 Å². The molecular weight excluding hydrogens is 1160 g/mol. The second kappa shape index (κ2) is 21.5. The highest BCUT2D eigenvalue weighted by Gasteiger charge is 2.51. The molecule has 84 heavy (non-hydrogen) atoms. The maximum Gasteiger partial charge on any atom is 0.534 e. The maximum absolute atomic E-state index is 13.0. The van der Waals surface area contributed by atoms with Crippen LogP contribution in [0.15, 0.2) is 218 Å². The van der Waals surface area contributed by atoms with Gasteiger partial charge in [-0.2, -0.15) is 43.2 Å². The molecule has 0 amide bonds. The van der Waals surface area contributed by atoms with Crippen LogP contribution in [-0.2, 0) is 20.2 Å². The van der Waals surface area contributed by atoms with E-state index >= 15 is 0 Å². The van der Waals surface area contributed by atoms with E-state index in [1.165, 1.54) is 114 Å². The lowest BCUT2D eigenvalue weighted by Gasteiger charge is -2.20. The summed E-state index contributed by atoms with van der Waals surface area (Å²) in [5.74, 6) is -1.41. The molecule has 0 atom stereocenters. The first kappa shape index (κ1) is 55.8. The fourth-order valence-electron chi connectivity index (χ4n) is 10.7. The van der Waals surface area contributed by atoms with Crippen molar-refractivity contribution in [3.8, 4) is 45.1 Å². The van der Waals surface area contributed by atoms with Crippen molar-refractivity contribution in [2.75, 3.05) is 0 Å². The largest absolute Gasteiger partial charge is 0.534 e. The number of benzene rings is 10. The number of halogens is 6. The Kier molecular flexibility index (Phi) is 14.3. The van der Waals surface area contributed by atoms with Gasteiger partial charge in [-0.3, -0.25) is 0 Å². The van der Waals surface area contributed by atoms with Crippen molar-refractivity contribution in [1.29, 1.82) is 0 Å². The van der Waals surface area contributed by atoms with Crippen LogP contribution in [0.2, 0.25) is 0 Å². The number of rotatable bonds is 8. The summed E-state index contributed by atoms with van der Waals surface area (Å²) in [6, 6.07) is 70.3. The van der Waals surface area contributed by atoms with Gasteiger partial charge < -0.3 is 17.5 Å². The quantitative estimate of drug-likeness (QED) is 0.0854. The number of thiophene rings is 2. The summed E-state index contributed by atoms with van der Waals surface area (Å²) in [6.45, 7) is 6.50. The predicted molar refractivity (Wildman–Crippen MR) is 330 cm³/mol. The topological polar surface area (TPSA) is 96.6 Å². The fraction of sp³-hybridized carbons (Fsp3) is 0.0909. The lowest BCUT2D eigenvalue weighted by molar-refractivity contribution is -0.0502.